The molecule has 0 atom stereocenters. The van der Waals surface area contributed by atoms with Gasteiger partial charge in [-0.1, -0.05) is 0 Å². The van der Waals surface area contributed by atoms with E-state index in [-0.39, 0.29) is 0 Å². The number of piperidine rings is 1. The van der Waals surface area contributed by atoms with E-state index in [9.17, 15) is 8.78 Å². The van der Waals surface area contributed by atoms with Gasteiger partial charge in [-0.05, 0) is 63.6 Å². The standard InChI is InChI=1S/C15H22F2N2O/c1-18-5-3-11(4-6-18)9-19(2)10-12-7-13(16)15(20)14(17)8-12/h7-8,11,20H,3-6,9-10H2,1-2H3. The maximum Gasteiger partial charge on any atom is 0.187 e. The normalized spacial score (nSPS) is 17.9. The van der Waals surface area contributed by atoms with Gasteiger partial charge in [-0.15, -0.1) is 0 Å². The highest BCUT2D eigenvalue weighted by atomic mass is 19.1. The van der Waals surface area contributed by atoms with E-state index in [0.717, 1.165) is 19.6 Å². The van der Waals surface area contributed by atoms with Gasteiger partial charge in [0.25, 0.3) is 0 Å². The number of likely N-dealkylation sites (tertiary alicyclic amines) is 1. The lowest BCUT2D eigenvalue weighted by molar-refractivity contribution is 0.173. The number of hydrogen-bond donors (Lipinski definition) is 1. The van der Waals surface area contributed by atoms with Crippen molar-refractivity contribution < 1.29 is 13.9 Å². The minimum atomic E-state index is -0.897. The number of benzene rings is 1. The number of aromatic hydroxyl groups is 1. The third kappa shape index (κ3) is 3.90. The minimum Gasteiger partial charge on any atom is -0.503 e. The van der Waals surface area contributed by atoms with E-state index in [4.69, 9.17) is 5.11 Å². The Labute approximate surface area is 118 Å². The Morgan fingerprint density at radius 3 is 2.35 bits per heavy atom. The number of rotatable bonds is 4. The first kappa shape index (κ1) is 15.2. The molecule has 5 heteroatoms. The first-order valence-corrected chi connectivity index (χ1v) is 6.99. The summed E-state index contributed by atoms with van der Waals surface area (Å²) in [5.74, 6) is -2.05. The zero-order valence-corrected chi connectivity index (χ0v) is 12.1. The zero-order valence-electron chi connectivity index (χ0n) is 12.1. The molecule has 1 aliphatic rings. The van der Waals surface area contributed by atoms with Crippen LogP contribution in [0.1, 0.15) is 18.4 Å². The van der Waals surface area contributed by atoms with Crippen LogP contribution < -0.4 is 0 Å². The van der Waals surface area contributed by atoms with Crippen molar-refractivity contribution in [2.24, 2.45) is 5.92 Å². The van der Waals surface area contributed by atoms with Gasteiger partial charge in [0.05, 0.1) is 0 Å². The molecule has 0 saturated carbocycles. The van der Waals surface area contributed by atoms with Crippen molar-refractivity contribution in [3.05, 3.63) is 29.3 Å². The second-order valence-electron chi connectivity index (χ2n) is 5.85. The van der Waals surface area contributed by atoms with Crippen LogP contribution in [0.5, 0.6) is 5.75 Å². The lowest BCUT2D eigenvalue weighted by Gasteiger charge is -2.31. The molecule has 1 aromatic rings. The highest BCUT2D eigenvalue weighted by molar-refractivity contribution is 5.29. The minimum absolute atomic E-state index is 0.487. The van der Waals surface area contributed by atoms with Crippen LogP contribution in [0, 0.1) is 17.6 Å². The molecule has 3 nitrogen and oxygen atoms in total. The van der Waals surface area contributed by atoms with E-state index in [2.05, 4.69) is 16.8 Å². The topological polar surface area (TPSA) is 26.7 Å². The first-order valence-electron chi connectivity index (χ1n) is 6.99. The zero-order chi connectivity index (χ0) is 14.7. The average Bonchev–Trinajstić information content (AvgIpc) is 2.38. The summed E-state index contributed by atoms with van der Waals surface area (Å²) >= 11 is 0. The molecule has 0 aromatic heterocycles. The van der Waals surface area contributed by atoms with E-state index in [0.29, 0.717) is 18.0 Å². The SMILES string of the molecule is CN1CCC(CN(C)Cc2cc(F)c(O)c(F)c2)CC1. The quantitative estimate of drug-likeness (QED) is 0.920. The highest BCUT2D eigenvalue weighted by Gasteiger charge is 2.18. The Bertz CT molecular complexity index is 436. The monoisotopic (exact) mass is 284 g/mol. The molecule has 0 radical (unpaired) electrons. The molecule has 1 aromatic carbocycles. The van der Waals surface area contributed by atoms with E-state index < -0.39 is 17.4 Å². The van der Waals surface area contributed by atoms with Crippen LogP contribution in [-0.2, 0) is 6.54 Å². The van der Waals surface area contributed by atoms with Gasteiger partial charge in [-0.25, -0.2) is 8.78 Å². The Morgan fingerprint density at radius 2 is 1.80 bits per heavy atom. The molecule has 1 heterocycles. The summed E-state index contributed by atoms with van der Waals surface area (Å²) in [5.41, 5.74) is 0.549. The third-order valence-electron chi connectivity index (χ3n) is 3.94. The summed E-state index contributed by atoms with van der Waals surface area (Å²) in [6.45, 7) is 3.64. The average molecular weight is 284 g/mol. The molecular weight excluding hydrogens is 262 g/mol. The van der Waals surface area contributed by atoms with E-state index in [1.54, 1.807) is 0 Å². The molecule has 112 valence electrons. The predicted molar refractivity (Wildman–Crippen MR) is 74.6 cm³/mol. The molecule has 0 unspecified atom stereocenters. The third-order valence-corrected chi connectivity index (χ3v) is 3.94. The summed E-state index contributed by atoms with van der Waals surface area (Å²) in [6.07, 6.45) is 2.33. The summed E-state index contributed by atoms with van der Waals surface area (Å²) in [7, 11) is 4.09. The summed E-state index contributed by atoms with van der Waals surface area (Å²) in [4.78, 5) is 4.41. The molecule has 0 bridgehead atoms. The van der Waals surface area contributed by atoms with Gasteiger partial charge < -0.3 is 14.9 Å². The fourth-order valence-electron chi connectivity index (χ4n) is 2.77. The van der Waals surface area contributed by atoms with Gasteiger partial charge in [-0.3, -0.25) is 0 Å². The molecule has 1 N–H and O–H groups in total. The van der Waals surface area contributed by atoms with E-state index in [1.807, 2.05) is 7.05 Å². The van der Waals surface area contributed by atoms with Crippen molar-refractivity contribution >= 4 is 0 Å². The van der Waals surface area contributed by atoms with Crippen LogP contribution in [0.3, 0.4) is 0 Å². The fourth-order valence-corrected chi connectivity index (χ4v) is 2.77. The van der Waals surface area contributed by atoms with Crippen molar-refractivity contribution in [2.75, 3.05) is 33.7 Å². The predicted octanol–water partition coefficient (Wildman–Crippen LogP) is 2.44. The Balaban J connectivity index is 1.89. The van der Waals surface area contributed by atoms with Gasteiger partial charge in [-0.2, -0.15) is 0 Å². The van der Waals surface area contributed by atoms with Crippen molar-refractivity contribution in [3.8, 4) is 5.75 Å². The van der Waals surface area contributed by atoms with Gasteiger partial charge in [0, 0.05) is 13.1 Å². The largest absolute Gasteiger partial charge is 0.503 e. The van der Waals surface area contributed by atoms with Crippen LogP contribution >= 0.6 is 0 Å². The van der Waals surface area contributed by atoms with Gasteiger partial charge in [0.2, 0.25) is 0 Å². The molecule has 0 amide bonds. The lowest BCUT2D eigenvalue weighted by Crippen LogP contribution is -2.35. The van der Waals surface area contributed by atoms with Crippen molar-refractivity contribution in [1.82, 2.24) is 9.80 Å². The van der Waals surface area contributed by atoms with Crippen LogP contribution in [-0.4, -0.2) is 48.6 Å². The summed E-state index contributed by atoms with van der Waals surface area (Å²) < 4.78 is 26.6. The maximum absolute atomic E-state index is 13.3. The van der Waals surface area contributed by atoms with Crippen LogP contribution in [0.15, 0.2) is 12.1 Å². The van der Waals surface area contributed by atoms with Crippen LogP contribution in [0.25, 0.3) is 0 Å². The highest BCUT2D eigenvalue weighted by Crippen LogP contribution is 2.23. The van der Waals surface area contributed by atoms with Crippen LogP contribution in [0.4, 0.5) is 8.78 Å². The Kier molecular flexibility index (Phi) is 4.94. The van der Waals surface area contributed by atoms with Crippen molar-refractivity contribution in [3.63, 3.8) is 0 Å². The van der Waals surface area contributed by atoms with Gasteiger partial charge >= 0.3 is 0 Å². The molecule has 2 rings (SSSR count). The second kappa shape index (κ2) is 6.50. The molecule has 1 aliphatic heterocycles. The molecule has 0 spiro atoms. The van der Waals surface area contributed by atoms with Gasteiger partial charge in [0.15, 0.2) is 17.4 Å². The molecule has 20 heavy (non-hydrogen) atoms. The number of hydrogen-bond acceptors (Lipinski definition) is 3. The van der Waals surface area contributed by atoms with E-state index in [1.165, 1.54) is 25.0 Å². The number of phenolic OH excluding ortho intramolecular Hbond substituents is 1. The van der Waals surface area contributed by atoms with Crippen molar-refractivity contribution in [1.29, 1.82) is 0 Å². The van der Waals surface area contributed by atoms with E-state index >= 15 is 0 Å². The first-order chi connectivity index (χ1) is 9.45. The second-order valence-corrected chi connectivity index (χ2v) is 5.85. The number of nitrogens with zero attached hydrogens (tertiary/aromatic N) is 2. The number of phenols is 1. The summed E-state index contributed by atoms with van der Waals surface area (Å²) in [6, 6.07) is 2.40. The Morgan fingerprint density at radius 1 is 1.25 bits per heavy atom. The fraction of sp³-hybridized carbons (Fsp3) is 0.600. The lowest BCUT2D eigenvalue weighted by atomic mass is 9.96. The molecular formula is C15H22F2N2O. The Hall–Kier alpha value is -1.20. The van der Waals surface area contributed by atoms with Crippen LogP contribution in [0.2, 0.25) is 0 Å². The molecule has 0 aliphatic carbocycles. The van der Waals surface area contributed by atoms with Crippen molar-refractivity contribution in [2.45, 2.75) is 19.4 Å². The molecule has 1 saturated heterocycles. The van der Waals surface area contributed by atoms with Gasteiger partial charge in [0.1, 0.15) is 0 Å². The maximum atomic E-state index is 13.3. The summed E-state index contributed by atoms with van der Waals surface area (Å²) in [5, 5.41) is 9.08. The molecule has 1 fully saturated rings. The smallest absolute Gasteiger partial charge is 0.187 e. The number of halogens is 2.